The Morgan fingerprint density at radius 1 is 0.947 bits per heavy atom. The number of rotatable bonds is 6. The van der Waals surface area contributed by atoms with E-state index in [-0.39, 0.29) is 35.1 Å². The topological polar surface area (TPSA) is 92.8 Å². The molecule has 194 valence electrons. The van der Waals surface area contributed by atoms with Gasteiger partial charge >= 0.3 is 5.97 Å². The fourth-order valence-electron chi connectivity index (χ4n) is 5.20. The van der Waals surface area contributed by atoms with Crippen LogP contribution in [0, 0.1) is 11.8 Å². The van der Waals surface area contributed by atoms with E-state index in [9.17, 15) is 19.2 Å². The highest BCUT2D eigenvalue weighted by atomic mass is 79.9. The molecule has 1 aliphatic heterocycles. The number of hydrogen-bond donors (Lipinski definition) is 1. The van der Waals surface area contributed by atoms with E-state index in [1.807, 2.05) is 18.2 Å². The zero-order valence-corrected chi connectivity index (χ0v) is 22.6. The molecule has 1 N–H and O–H groups in total. The molecule has 0 spiro atoms. The fourth-order valence-corrected chi connectivity index (χ4v) is 5.92. The van der Waals surface area contributed by atoms with E-state index in [1.54, 1.807) is 30.3 Å². The maximum absolute atomic E-state index is 13.3. The van der Waals surface area contributed by atoms with Crippen LogP contribution in [0.25, 0.3) is 0 Å². The minimum atomic E-state index is -0.702. The molecule has 3 amide bonds. The van der Waals surface area contributed by atoms with Crippen molar-refractivity contribution in [3.8, 4) is 0 Å². The Labute approximate surface area is 233 Å². The van der Waals surface area contributed by atoms with Crippen LogP contribution in [0.2, 0.25) is 5.02 Å². The number of carbonyl (C=O) groups is 4. The van der Waals surface area contributed by atoms with Gasteiger partial charge in [-0.05, 0) is 73.2 Å². The van der Waals surface area contributed by atoms with Crippen LogP contribution in [0.15, 0.2) is 77.3 Å². The number of nitrogens with one attached hydrogen (secondary N) is 1. The van der Waals surface area contributed by atoms with Crippen molar-refractivity contribution in [2.45, 2.75) is 25.2 Å². The third kappa shape index (κ3) is 5.37. The van der Waals surface area contributed by atoms with E-state index in [0.717, 1.165) is 10.9 Å². The van der Waals surface area contributed by atoms with Crippen LogP contribution in [0.3, 0.4) is 0 Å². The van der Waals surface area contributed by atoms with Gasteiger partial charge in [0.25, 0.3) is 5.91 Å². The minimum absolute atomic E-state index is 0.190. The molecule has 1 saturated carbocycles. The Morgan fingerprint density at radius 3 is 2.37 bits per heavy atom. The molecule has 3 aromatic rings. The van der Waals surface area contributed by atoms with Gasteiger partial charge < -0.3 is 10.1 Å². The van der Waals surface area contributed by atoms with Crippen molar-refractivity contribution in [2.24, 2.45) is 11.8 Å². The zero-order valence-electron chi connectivity index (χ0n) is 20.2. The summed E-state index contributed by atoms with van der Waals surface area (Å²) >= 11 is 9.38. The van der Waals surface area contributed by atoms with Crippen molar-refractivity contribution in [1.29, 1.82) is 0 Å². The monoisotopic (exact) mass is 594 g/mol. The van der Waals surface area contributed by atoms with Gasteiger partial charge in [0.05, 0.1) is 33.8 Å². The van der Waals surface area contributed by atoms with Crippen LogP contribution in [0.4, 0.5) is 11.4 Å². The van der Waals surface area contributed by atoms with Crippen molar-refractivity contribution < 1.29 is 23.9 Å². The molecule has 0 bridgehead atoms. The van der Waals surface area contributed by atoms with Crippen molar-refractivity contribution >= 4 is 62.6 Å². The van der Waals surface area contributed by atoms with Crippen LogP contribution in [-0.2, 0) is 19.1 Å². The SMILES string of the molecule is O=C(COC(=O)c1ccc(N2C(=O)[C@@H]3CC[C@@H](c4ccccc4)C[C@H]3C2=O)cc1)Nc1ccc(Br)cc1Cl. The summed E-state index contributed by atoms with van der Waals surface area (Å²) in [5.41, 5.74) is 2.21. The zero-order chi connectivity index (χ0) is 26.8. The van der Waals surface area contributed by atoms with Gasteiger partial charge in [-0.2, -0.15) is 0 Å². The van der Waals surface area contributed by atoms with Gasteiger partial charge in [-0.15, -0.1) is 0 Å². The fraction of sp³-hybridized carbons (Fsp3) is 0.241. The van der Waals surface area contributed by atoms with Gasteiger partial charge in [-0.3, -0.25) is 19.3 Å². The van der Waals surface area contributed by atoms with Crippen molar-refractivity contribution in [2.75, 3.05) is 16.8 Å². The third-order valence-electron chi connectivity index (χ3n) is 7.10. The lowest BCUT2D eigenvalue weighted by molar-refractivity contribution is -0.122. The molecule has 1 saturated heterocycles. The quantitative estimate of drug-likeness (QED) is 0.280. The molecule has 9 heteroatoms. The summed E-state index contributed by atoms with van der Waals surface area (Å²) in [7, 11) is 0. The summed E-state index contributed by atoms with van der Waals surface area (Å²) in [5, 5.41) is 2.93. The normalized spacial score (nSPS) is 20.7. The first kappa shape index (κ1) is 26.1. The molecule has 3 atom stereocenters. The second kappa shape index (κ2) is 11.1. The molecule has 1 aliphatic carbocycles. The molecule has 7 nitrogen and oxygen atoms in total. The number of fused-ring (bicyclic) bond motifs is 1. The van der Waals surface area contributed by atoms with E-state index < -0.39 is 18.5 Å². The Kier molecular flexibility index (Phi) is 7.63. The molecular weight excluding hydrogens is 572 g/mol. The van der Waals surface area contributed by atoms with Crippen LogP contribution in [0.5, 0.6) is 0 Å². The number of esters is 1. The van der Waals surface area contributed by atoms with E-state index >= 15 is 0 Å². The molecule has 0 aromatic heterocycles. The summed E-state index contributed by atoms with van der Waals surface area (Å²) in [5.74, 6) is -2.03. The number of carbonyl (C=O) groups excluding carboxylic acids is 4. The van der Waals surface area contributed by atoms with Crippen molar-refractivity contribution in [3.05, 3.63) is 93.4 Å². The molecule has 3 aromatic carbocycles. The Morgan fingerprint density at radius 2 is 1.66 bits per heavy atom. The summed E-state index contributed by atoms with van der Waals surface area (Å²) < 4.78 is 5.88. The highest BCUT2D eigenvalue weighted by molar-refractivity contribution is 9.10. The molecule has 0 unspecified atom stereocenters. The molecule has 5 rings (SSSR count). The first-order chi connectivity index (χ1) is 18.3. The second-order valence-corrected chi connectivity index (χ2v) is 10.8. The van der Waals surface area contributed by atoms with E-state index in [0.29, 0.717) is 29.2 Å². The highest BCUT2D eigenvalue weighted by Gasteiger charge is 2.50. The van der Waals surface area contributed by atoms with E-state index in [2.05, 4.69) is 33.4 Å². The number of nitrogens with zero attached hydrogens (tertiary/aromatic N) is 1. The minimum Gasteiger partial charge on any atom is -0.452 e. The largest absolute Gasteiger partial charge is 0.452 e. The van der Waals surface area contributed by atoms with Crippen LogP contribution in [0.1, 0.15) is 41.1 Å². The first-order valence-electron chi connectivity index (χ1n) is 12.3. The van der Waals surface area contributed by atoms with Gasteiger partial charge in [0, 0.05) is 4.47 Å². The van der Waals surface area contributed by atoms with Crippen LogP contribution in [-0.4, -0.2) is 30.3 Å². The molecular formula is C29H24BrClN2O5. The third-order valence-corrected chi connectivity index (χ3v) is 7.90. The Bertz CT molecular complexity index is 1400. The summed E-state index contributed by atoms with van der Waals surface area (Å²) in [4.78, 5) is 52.3. The smallest absolute Gasteiger partial charge is 0.338 e. The average Bonchev–Trinajstić information content (AvgIpc) is 3.18. The van der Waals surface area contributed by atoms with Gasteiger partial charge in [-0.1, -0.05) is 57.9 Å². The standard InChI is InChI=1S/C29H24BrClN2O5/c30-20-9-13-25(24(31)15-20)32-26(34)16-38-29(37)18-6-10-21(11-7-18)33-27(35)22-12-8-19(14-23(22)28(33)36)17-4-2-1-3-5-17/h1-7,9-11,13,15,19,22-23H,8,12,14,16H2,(H,32,34)/t19-,22-,23-/m1/s1. The number of benzene rings is 3. The highest BCUT2D eigenvalue weighted by Crippen LogP contribution is 2.45. The first-order valence-corrected chi connectivity index (χ1v) is 13.4. The van der Waals surface area contributed by atoms with Crippen molar-refractivity contribution in [3.63, 3.8) is 0 Å². The molecule has 38 heavy (non-hydrogen) atoms. The average molecular weight is 596 g/mol. The van der Waals surface area contributed by atoms with Crippen molar-refractivity contribution in [1.82, 2.24) is 0 Å². The second-order valence-electron chi connectivity index (χ2n) is 9.44. The van der Waals surface area contributed by atoms with Gasteiger partial charge in [0.15, 0.2) is 6.61 Å². The van der Waals surface area contributed by atoms with Gasteiger partial charge in [0.1, 0.15) is 0 Å². The summed E-state index contributed by atoms with van der Waals surface area (Å²) in [6.45, 7) is -0.498. The Balaban J connectivity index is 1.20. The van der Waals surface area contributed by atoms with E-state index in [1.165, 1.54) is 22.6 Å². The lowest BCUT2D eigenvalue weighted by Crippen LogP contribution is -2.30. The van der Waals surface area contributed by atoms with Crippen LogP contribution >= 0.6 is 27.5 Å². The van der Waals surface area contributed by atoms with E-state index in [4.69, 9.17) is 16.3 Å². The summed E-state index contributed by atoms with van der Waals surface area (Å²) in [6, 6.07) is 21.2. The van der Waals surface area contributed by atoms with Crippen LogP contribution < -0.4 is 10.2 Å². The van der Waals surface area contributed by atoms with Gasteiger partial charge in [0.2, 0.25) is 11.8 Å². The predicted molar refractivity (Wildman–Crippen MR) is 147 cm³/mol. The maximum Gasteiger partial charge on any atom is 0.338 e. The summed E-state index contributed by atoms with van der Waals surface area (Å²) in [6.07, 6.45) is 2.18. The number of imide groups is 1. The maximum atomic E-state index is 13.3. The lowest BCUT2D eigenvalue weighted by Gasteiger charge is -2.28. The predicted octanol–water partition coefficient (Wildman–Crippen LogP) is 5.97. The van der Waals surface area contributed by atoms with Gasteiger partial charge in [-0.25, -0.2) is 4.79 Å². The molecule has 0 radical (unpaired) electrons. The Hall–Kier alpha value is -3.49. The molecule has 2 aliphatic rings. The molecule has 1 heterocycles. The lowest BCUT2D eigenvalue weighted by atomic mass is 9.73. The number of ether oxygens (including phenoxy) is 1. The molecule has 2 fully saturated rings. The number of amides is 3. The number of halogens is 2. The number of hydrogen-bond acceptors (Lipinski definition) is 5. The number of anilines is 2.